The van der Waals surface area contributed by atoms with Crippen LogP contribution in [-0.4, -0.2) is 0 Å². The van der Waals surface area contributed by atoms with E-state index < -0.39 is 5.54 Å². The molecule has 0 aliphatic heterocycles. The summed E-state index contributed by atoms with van der Waals surface area (Å²) in [5, 5.41) is 0. The average Bonchev–Trinajstić information content (AvgIpc) is 2.33. The first kappa shape index (κ1) is 13.8. The summed E-state index contributed by atoms with van der Waals surface area (Å²) in [6.07, 6.45) is 7.72. The van der Waals surface area contributed by atoms with Crippen molar-refractivity contribution >= 4 is 15.9 Å². The quantitative estimate of drug-likeness (QED) is 0.808. The van der Waals surface area contributed by atoms with Crippen LogP contribution in [0, 0.1) is 5.82 Å². The summed E-state index contributed by atoms with van der Waals surface area (Å²) in [5.74, 6) is -0.223. The second kappa shape index (κ2) is 5.54. The van der Waals surface area contributed by atoms with Gasteiger partial charge in [-0.2, -0.15) is 0 Å². The van der Waals surface area contributed by atoms with Gasteiger partial charge in [0.1, 0.15) is 5.82 Å². The first-order valence-electron chi connectivity index (χ1n) is 6.41. The van der Waals surface area contributed by atoms with E-state index in [2.05, 4.69) is 22.0 Å². The Kier molecular flexibility index (Phi) is 4.23. The van der Waals surface area contributed by atoms with Crippen LogP contribution in [0.3, 0.4) is 0 Å². The van der Waals surface area contributed by atoms with E-state index in [1.54, 1.807) is 12.1 Å². The minimum atomic E-state index is -0.642. The molecule has 0 saturated heterocycles. The third kappa shape index (κ3) is 3.21. The molecule has 18 heavy (non-hydrogen) atoms. The number of rotatable bonds is 3. The smallest absolute Gasteiger partial charge is 0.128 e. The summed E-state index contributed by atoms with van der Waals surface area (Å²) in [5.41, 5.74) is 7.65. The van der Waals surface area contributed by atoms with Crippen molar-refractivity contribution in [1.29, 1.82) is 0 Å². The first-order valence-corrected chi connectivity index (χ1v) is 7.21. The standard InChI is InChI=1S/C15H19BrFN/c1-15(18,10-11-5-3-2-4-6-11)13-9-12(16)7-8-14(13)17/h5,7-9H,2-4,6,10,18H2,1H3. The molecule has 1 aromatic carbocycles. The van der Waals surface area contributed by atoms with Gasteiger partial charge < -0.3 is 5.73 Å². The molecular formula is C15H19BrFN. The van der Waals surface area contributed by atoms with E-state index in [4.69, 9.17) is 5.73 Å². The van der Waals surface area contributed by atoms with Crippen LogP contribution in [0.5, 0.6) is 0 Å². The zero-order valence-corrected chi connectivity index (χ0v) is 12.3. The Morgan fingerprint density at radius 3 is 2.83 bits per heavy atom. The van der Waals surface area contributed by atoms with Crippen molar-refractivity contribution in [2.45, 2.75) is 44.6 Å². The van der Waals surface area contributed by atoms with E-state index in [-0.39, 0.29) is 5.82 Å². The zero-order chi connectivity index (χ0) is 13.2. The Labute approximate surface area is 116 Å². The van der Waals surface area contributed by atoms with E-state index >= 15 is 0 Å². The van der Waals surface area contributed by atoms with Gasteiger partial charge >= 0.3 is 0 Å². The topological polar surface area (TPSA) is 26.0 Å². The highest BCUT2D eigenvalue weighted by Gasteiger charge is 2.26. The predicted octanol–water partition coefficient (Wildman–Crippen LogP) is 4.65. The summed E-state index contributed by atoms with van der Waals surface area (Å²) >= 11 is 3.38. The van der Waals surface area contributed by atoms with Crippen LogP contribution in [0.15, 0.2) is 34.3 Å². The summed E-state index contributed by atoms with van der Waals surface area (Å²) in [6, 6.07) is 4.97. The fourth-order valence-electron chi connectivity index (χ4n) is 2.57. The van der Waals surface area contributed by atoms with Crippen molar-refractivity contribution in [3.63, 3.8) is 0 Å². The Hall–Kier alpha value is -0.670. The lowest BCUT2D eigenvalue weighted by Gasteiger charge is -2.28. The van der Waals surface area contributed by atoms with Gasteiger partial charge in [-0.1, -0.05) is 27.6 Å². The number of allylic oxidation sites excluding steroid dienone is 1. The second-order valence-corrected chi connectivity index (χ2v) is 6.24. The predicted molar refractivity (Wildman–Crippen MR) is 76.8 cm³/mol. The average molecular weight is 312 g/mol. The molecule has 0 saturated carbocycles. The third-order valence-corrected chi connectivity index (χ3v) is 4.02. The van der Waals surface area contributed by atoms with E-state index in [1.807, 2.05) is 6.92 Å². The third-order valence-electron chi connectivity index (χ3n) is 3.52. The van der Waals surface area contributed by atoms with Crippen molar-refractivity contribution in [2.75, 3.05) is 0 Å². The molecule has 1 aliphatic rings. The van der Waals surface area contributed by atoms with Gasteiger partial charge in [0.2, 0.25) is 0 Å². The van der Waals surface area contributed by atoms with Gasteiger partial charge in [-0.15, -0.1) is 0 Å². The van der Waals surface area contributed by atoms with Crippen LogP contribution in [0.1, 0.15) is 44.6 Å². The van der Waals surface area contributed by atoms with Gasteiger partial charge in [-0.25, -0.2) is 4.39 Å². The molecule has 2 N–H and O–H groups in total. The van der Waals surface area contributed by atoms with E-state index in [0.717, 1.165) is 23.7 Å². The van der Waals surface area contributed by atoms with Crippen LogP contribution in [0.2, 0.25) is 0 Å². The summed E-state index contributed by atoms with van der Waals surface area (Å²) < 4.78 is 14.8. The molecule has 98 valence electrons. The summed E-state index contributed by atoms with van der Waals surface area (Å²) in [7, 11) is 0. The second-order valence-electron chi connectivity index (χ2n) is 5.33. The van der Waals surface area contributed by atoms with Crippen LogP contribution < -0.4 is 5.73 Å². The molecular weight excluding hydrogens is 293 g/mol. The zero-order valence-electron chi connectivity index (χ0n) is 10.7. The normalized spacial score (nSPS) is 19.2. The number of hydrogen-bond donors (Lipinski definition) is 1. The highest BCUT2D eigenvalue weighted by molar-refractivity contribution is 9.10. The largest absolute Gasteiger partial charge is 0.321 e. The molecule has 0 spiro atoms. The first-order chi connectivity index (χ1) is 8.49. The molecule has 1 aromatic rings. The molecule has 1 unspecified atom stereocenters. The maximum Gasteiger partial charge on any atom is 0.128 e. The lowest BCUT2D eigenvalue weighted by molar-refractivity contribution is 0.444. The van der Waals surface area contributed by atoms with Gasteiger partial charge in [0.05, 0.1) is 0 Å². The molecule has 0 fully saturated rings. The Morgan fingerprint density at radius 1 is 1.39 bits per heavy atom. The minimum absolute atomic E-state index is 0.223. The summed E-state index contributed by atoms with van der Waals surface area (Å²) in [6.45, 7) is 1.91. The van der Waals surface area contributed by atoms with Gasteiger partial charge in [-0.3, -0.25) is 0 Å². The maximum absolute atomic E-state index is 13.9. The fraction of sp³-hybridized carbons (Fsp3) is 0.467. The monoisotopic (exact) mass is 311 g/mol. The van der Waals surface area contributed by atoms with Crippen LogP contribution >= 0.6 is 15.9 Å². The number of nitrogens with two attached hydrogens (primary N) is 1. The van der Waals surface area contributed by atoms with Crippen LogP contribution in [0.4, 0.5) is 4.39 Å². The molecule has 0 bridgehead atoms. The molecule has 0 heterocycles. The molecule has 0 amide bonds. The molecule has 2 rings (SSSR count). The van der Waals surface area contributed by atoms with Crippen LogP contribution in [0.25, 0.3) is 0 Å². The van der Waals surface area contributed by atoms with E-state index in [0.29, 0.717) is 5.56 Å². The lowest BCUT2D eigenvalue weighted by Crippen LogP contribution is -2.34. The lowest BCUT2D eigenvalue weighted by atomic mass is 9.83. The van der Waals surface area contributed by atoms with E-state index in [9.17, 15) is 4.39 Å². The number of hydrogen-bond acceptors (Lipinski definition) is 1. The highest BCUT2D eigenvalue weighted by Crippen LogP contribution is 2.32. The fourth-order valence-corrected chi connectivity index (χ4v) is 2.93. The molecule has 1 nitrogen and oxygen atoms in total. The van der Waals surface area contributed by atoms with Gasteiger partial charge in [0.25, 0.3) is 0 Å². The van der Waals surface area contributed by atoms with Gasteiger partial charge in [0.15, 0.2) is 0 Å². The van der Waals surface area contributed by atoms with E-state index in [1.165, 1.54) is 24.5 Å². The maximum atomic E-state index is 13.9. The summed E-state index contributed by atoms with van der Waals surface area (Å²) in [4.78, 5) is 0. The molecule has 3 heteroatoms. The highest BCUT2D eigenvalue weighted by atomic mass is 79.9. The van der Waals surface area contributed by atoms with Crippen molar-refractivity contribution in [1.82, 2.24) is 0 Å². The molecule has 1 aliphatic carbocycles. The molecule has 1 atom stereocenters. The number of halogens is 2. The Balaban J connectivity index is 2.23. The Morgan fingerprint density at radius 2 is 2.17 bits per heavy atom. The van der Waals surface area contributed by atoms with Gasteiger partial charge in [0, 0.05) is 15.6 Å². The van der Waals surface area contributed by atoms with Crippen molar-refractivity contribution < 1.29 is 4.39 Å². The van der Waals surface area contributed by atoms with Crippen LogP contribution in [-0.2, 0) is 5.54 Å². The van der Waals surface area contributed by atoms with Gasteiger partial charge in [-0.05, 0) is 57.2 Å². The van der Waals surface area contributed by atoms with Crippen molar-refractivity contribution in [2.24, 2.45) is 5.73 Å². The molecule has 0 aromatic heterocycles. The number of benzene rings is 1. The SMILES string of the molecule is CC(N)(CC1=CCCCC1)c1cc(Br)ccc1F. The minimum Gasteiger partial charge on any atom is -0.321 e. The molecule has 0 radical (unpaired) electrons. The van der Waals surface area contributed by atoms with Crippen molar-refractivity contribution in [3.05, 3.63) is 45.7 Å². The van der Waals surface area contributed by atoms with Crippen molar-refractivity contribution in [3.8, 4) is 0 Å². The Bertz CT molecular complexity index is 466.